The molecule has 136 heavy (non-hydrogen) atoms. The fourth-order valence-electron chi connectivity index (χ4n) is 20.1. The van der Waals surface area contributed by atoms with Crippen LogP contribution in [0.2, 0.25) is 0 Å². The molecule has 0 unspecified atom stereocenters. The summed E-state index contributed by atoms with van der Waals surface area (Å²) in [6.45, 7) is 0. The third-order valence-corrected chi connectivity index (χ3v) is 26.6. The lowest BCUT2D eigenvalue weighted by molar-refractivity contribution is 1.18. The van der Waals surface area contributed by atoms with Crippen LogP contribution < -0.4 is 0 Å². The Morgan fingerprint density at radius 2 is 0.316 bits per heavy atom. The Hall–Kier alpha value is -18.2. The minimum atomic E-state index is 0.708. The number of hydrogen-bond donors (Lipinski definition) is 0. The maximum absolute atomic E-state index is 5.11. The maximum atomic E-state index is 5.11. The van der Waals surface area contributed by atoms with E-state index >= 15 is 0 Å². The van der Waals surface area contributed by atoms with E-state index in [0.29, 0.717) is 11.6 Å². The highest BCUT2D eigenvalue weighted by Gasteiger charge is 2.23. The van der Waals surface area contributed by atoms with Crippen molar-refractivity contribution in [2.75, 3.05) is 0 Å². The van der Waals surface area contributed by atoms with Gasteiger partial charge in [0.05, 0.1) is 66.9 Å². The Morgan fingerprint density at radius 1 is 0.110 bits per heavy atom. The zero-order chi connectivity index (χ0) is 89.9. The summed E-state index contributed by atoms with van der Waals surface area (Å²) in [4.78, 5) is 20.2. The van der Waals surface area contributed by atoms with Gasteiger partial charge in [-0.05, 0) is 224 Å². The summed E-state index contributed by atoms with van der Waals surface area (Å²) in [6.07, 6.45) is 0. The van der Waals surface area contributed by atoms with Crippen LogP contribution in [0.1, 0.15) is 0 Å². The van der Waals surface area contributed by atoms with Gasteiger partial charge in [-0.3, -0.25) is 0 Å². The van der Waals surface area contributed by atoms with E-state index in [-0.39, 0.29) is 0 Å². The van der Waals surface area contributed by atoms with Gasteiger partial charge in [-0.15, -0.1) is 0 Å². The highest BCUT2D eigenvalue weighted by molar-refractivity contribution is 6.15. The van der Waals surface area contributed by atoms with Crippen LogP contribution in [0.4, 0.5) is 0 Å². The van der Waals surface area contributed by atoms with Crippen molar-refractivity contribution >= 4 is 87.2 Å². The molecule has 636 valence electrons. The van der Waals surface area contributed by atoms with E-state index in [1.807, 2.05) is 48.5 Å². The van der Waals surface area contributed by atoms with Crippen LogP contribution in [-0.4, -0.2) is 38.2 Å². The molecule has 0 bridgehead atoms. The molecule has 0 aliphatic rings. The van der Waals surface area contributed by atoms with Crippen LogP contribution in [0.25, 0.3) is 245 Å². The summed E-state index contributed by atoms with van der Waals surface area (Å²) in [5.74, 6) is 1.42. The van der Waals surface area contributed by atoms with E-state index in [9.17, 15) is 0 Å². The molecule has 0 radical (unpaired) electrons. The second-order valence-corrected chi connectivity index (χ2v) is 34.8. The lowest BCUT2D eigenvalue weighted by atomic mass is 9.97. The van der Waals surface area contributed by atoms with Gasteiger partial charge in [-0.25, -0.2) is 19.9 Å². The number of nitrogens with zero attached hydrogens (tertiary/aromatic N) is 8. The minimum absolute atomic E-state index is 0.708. The zero-order valence-corrected chi connectivity index (χ0v) is 74.1. The lowest BCUT2D eigenvalue weighted by Crippen LogP contribution is -1.96. The normalized spacial score (nSPS) is 11.5. The Labute approximate surface area is 786 Å². The zero-order valence-electron chi connectivity index (χ0n) is 74.1. The van der Waals surface area contributed by atoms with E-state index in [4.69, 9.17) is 19.9 Å². The van der Waals surface area contributed by atoms with Crippen LogP contribution in [0.3, 0.4) is 0 Å². The Kier molecular flexibility index (Phi) is 20.1. The van der Waals surface area contributed by atoms with Crippen molar-refractivity contribution in [2.45, 2.75) is 0 Å². The average Bonchev–Trinajstić information content (AvgIpc) is 1.59. The molecule has 0 saturated heterocycles. The van der Waals surface area contributed by atoms with E-state index in [1.165, 1.54) is 115 Å². The highest BCUT2D eigenvalue weighted by atomic mass is 15.0. The topological polar surface area (TPSA) is 71.3 Å². The molecule has 26 rings (SSSR count). The maximum Gasteiger partial charge on any atom is 0.160 e. The molecular formula is C128H84N8. The average molecular weight is 1730 g/mol. The second kappa shape index (κ2) is 34.2. The van der Waals surface area contributed by atoms with Crippen molar-refractivity contribution in [2.24, 2.45) is 0 Å². The van der Waals surface area contributed by atoms with Crippen molar-refractivity contribution < 1.29 is 0 Å². The SMILES string of the molecule is c1ccc(-c2cc(-c3cccc(-c4cccc(-c5ccc(-n6c7ccccc7c7cc(-c8ccc9c(c8)c8ccccc8n9-c8ccccc8)ccc76)cc5)c4)c3)nc(-c3ccccc3)n2)cc1.c1ccc(-c2cc(-c3cccc(-c4cccc(-c5cccc(-n6c7ccccc7c7cc(-c8ccc9c(c8)c8ccccc8n9-c8ccccc8)ccc76)c5)c4)c3)nc(-c3ccccc3)n2)cc1. The molecule has 0 N–H and O–H groups in total. The summed E-state index contributed by atoms with van der Waals surface area (Å²) in [7, 11) is 0. The standard InChI is InChI=1S/2C64H42N4/c1-4-17-43(18-5-1)58-42-59(66-64(65-58)44-19-6-2-7-20-44)51-25-15-23-47(38-51)45-21-14-22-46(37-45)48-24-16-28-53(39-48)68-61-32-13-11-30-55(61)57-41-50(34-36-63(57)68)49-33-35-62-56(40-49)54-29-10-12-31-60(54)67(62)52-26-8-3-9-27-52;1-4-16-44(17-5-1)58-42-59(66-64(65-58)45-18-6-2-7-19-45)51-23-15-22-48(39-51)47-21-14-20-46(38-47)43-30-34-53(35-31-43)68-61-29-13-11-27-55(61)57-41-50(33-37-63(57)68)49-32-36-62-56(40-49)54-26-10-12-28-60(54)67(62)52-24-8-3-9-25-52/h2*1-42H. The van der Waals surface area contributed by atoms with Crippen molar-refractivity contribution in [1.82, 2.24) is 38.2 Å². The first kappa shape index (κ1) is 79.9. The fourth-order valence-corrected chi connectivity index (χ4v) is 20.1. The number of benzene rings is 20. The summed E-state index contributed by atoms with van der Waals surface area (Å²) < 4.78 is 9.56. The molecule has 26 aromatic rings. The summed E-state index contributed by atoms with van der Waals surface area (Å²) in [5, 5.41) is 9.94. The predicted molar refractivity (Wildman–Crippen MR) is 567 cm³/mol. The minimum Gasteiger partial charge on any atom is -0.309 e. The first-order valence-corrected chi connectivity index (χ1v) is 46.3. The number of fused-ring (bicyclic) bond motifs is 12. The molecule has 0 atom stereocenters. The summed E-state index contributed by atoms with van der Waals surface area (Å²) in [5.41, 5.74) is 37.8. The molecule has 0 spiro atoms. The van der Waals surface area contributed by atoms with Crippen LogP contribution in [0.15, 0.2) is 510 Å². The molecule has 6 aromatic heterocycles. The Bertz CT molecular complexity index is 8950. The van der Waals surface area contributed by atoms with Crippen LogP contribution >= 0.6 is 0 Å². The Morgan fingerprint density at radius 3 is 0.647 bits per heavy atom. The first-order chi connectivity index (χ1) is 67.4. The third-order valence-electron chi connectivity index (χ3n) is 26.6. The van der Waals surface area contributed by atoms with Crippen molar-refractivity contribution in [1.29, 1.82) is 0 Å². The molecule has 0 amide bonds. The second-order valence-electron chi connectivity index (χ2n) is 34.8. The molecular weight excluding hydrogens is 1650 g/mol. The van der Waals surface area contributed by atoms with Gasteiger partial charge in [0.25, 0.3) is 0 Å². The molecule has 0 saturated carbocycles. The van der Waals surface area contributed by atoms with E-state index in [0.717, 1.165) is 118 Å². The molecule has 8 nitrogen and oxygen atoms in total. The third kappa shape index (κ3) is 14.7. The van der Waals surface area contributed by atoms with Gasteiger partial charge in [0, 0.05) is 99.2 Å². The molecule has 6 heterocycles. The number of para-hydroxylation sites is 6. The van der Waals surface area contributed by atoms with Crippen LogP contribution in [0.5, 0.6) is 0 Å². The van der Waals surface area contributed by atoms with Crippen LogP contribution in [-0.2, 0) is 0 Å². The quantitative estimate of drug-likeness (QED) is 0.0966. The van der Waals surface area contributed by atoms with Crippen LogP contribution in [0, 0.1) is 0 Å². The number of hydrogen-bond acceptors (Lipinski definition) is 4. The summed E-state index contributed by atoms with van der Waals surface area (Å²) in [6, 6.07) is 182. The largest absolute Gasteiger partial charge is 0.309 e. The molecule has 8 heteroatoms. The van der Waals surface area contributed by atoms with Gasteiger partial charge in [0.15, 0.2) is 11.6 Å². The van der Waals surface area contributed by atoms with Gasteiger partial charge in [-0.2, -0.15) is 0 Å². The van der Waals surface area contributed by atoms with Gasteiger partial charge in [0.1, 0.15) is 0 Å². The lowest BCUT2D eigenvalue weighted by Gasteiger charge is -2.12. The van der Waals surface area contributed by atoms with Gasteiger partial charge >= 0.3 is 0 Å². The predicted octanol–water partition coefficient (Wildman–Crippen LogP) is 33.3. The number of aromatic nitrogens is 8. The highest BCUT2D eigenvalue weighted by Crippen LogP contribution is 2.45. The number of rotatable bonds is 16. The molecule has 0 aliphatic carbocycles. The van der Waals surface area contributed by atoms with Gasteiger partial charge < -0.3 is 18.3 Å². The van der Waals surface area contributed by atoms with Gasteiger partial charge in [0.2, 0.25) is 0 Å². The fraction of sp³-hybridized carbons (Fsp3) is 0. The summed E-state index contributed by atoms with van der Waals surface area (Å²) >= 11 is 0. The Balaban J connectivity index is 0.000000145. The monoisotopic (exact) mass is 1730 g/mol. The first-order valence-electron chi connectivity index (χ1n) is 46.3. The van der Waals surface area contributed by atoms with Crippen molar-refractivity contribution in [3.05, 3.63) is 510 Å². The van der Waals surface area contributed by atoms with E-state index < -0.39 is 0 Å². The van der Waals surface area contributed by atoms with Gasteiger partial charge in [-0.1, -0.05) is 352 Å². The van der Waals surface area contributed by atoms with E-state index in [2.05, 4.69) is 479 Å². The van der Waals surface area contributed by atoms with E-state index in [1.54, 1.807) is 0 Å². The molecule has 0 aliphatic heterocycles. The molecule has 20 aromatic carbocycles. The smallest absolute Gasteiger partial charge is 0.160 e. The molecule has 0 fully saturated rings. The van der Waals surface area contributed by atoms with Crippen molar-refractivity contribution in [3.8, 4) is 157 Å². The van der Waals surface area contributed by atoms with Crippen molar-refractivity contribution in [3.63, 3.8) is 0 Å².